The molecule has 4 heteroatoms. The fourth-order valence-electron chi connectivity index (χ4n) is 2.74. The number of carbonyl (C=O) groups excluding carboxylic acids is 1. The van der Waals surface area contributed by atoms with Crippen LogP contribution in [0.25, 0.3) is 10.6 Å². The van der Waals surface area contributed by atoms with E-state index in [-0.39, 0.29) is 5.91 Å². The molecule has 0 radical (unpaired) electrons. The van der Waals surface area contributed by atoms with E-state index in [9.17, 15) is 4.79 Å². The molecule has 128 valence electrons. The molecule has 1 amide bonds. The second-order valence-corrected chi connectivity index (χ2v) is 7.11. The minimum atomic E-state index is 0.0604. The standard InChI is InChI=1S/C21H22N2OS/c1-16-19(25-20(22-16)18-13-7-4-8-14-18)21(24)23(2)15-9-12-17-10-5-3-6-11-17/h3-8,10-11,13-14H,9,12,15H2,1-2H3. The Kier molecular flexibility index (Phi) is 5.61. The van der Waals surface area contributed by atoms with E-state index < -0.39 is 0 Å². The molecule has 0 aliphatic rings. The molecule has 0 aliphatic carbocycles. The van der Waals surface area contributed by atoms with Gasteiger partial charge in [-0.3, -0.25) is 4.79 Å². The Bertz CT molecular complexity index is 828. The zero-order chi connectivity index (χ0) is 17.6. The van der Waals surface area contributed by atoms with Gasteiger partial charge in [0.15, 0.2) is 0 Å². The average molecular weight is 350 g/mol. The van der Waals surface area contributed by atoms with E-state index in [0.717, 1.165) is 40.5 Å². The van der Waals surface area contributed by atoms with E-state index in [2.05, 4.69) is 29.2 Å². The maximum absolute atomic E-state index is 12.7. The van der Waals surface area contributed by atoms with E-state index in [1.165, 1.54) is 16.9 Å². The molecular formula is C21H22N2OS. The molecule has 0 aliphatic heterocycles. The Morgan fingerprint density at radius 1 is 1.04 bits per heavy atom. The first-order chi connectivity index (χ1) is 12.1. The van der Waals surface area contributed by atoms with Gasteiger partial charge in [-0.1, -0.05) is 60.7 Å². The molecule has 0 atom stereocenters. The van der Waals surface area contributed by atoms with Crippen molar-refractivity contribution in [3.05, 3.63) is 76.8 Å². The summed E-state index contributed by atoms with van der Waals surface area (Å²) in [7, 11) is 1.87. The van der Waals surface area contributed by atoms with Gasteiger partial charge >= 0.3 is 0 Å². The van der Waals surface area contributed by atoms with Crippen LogP contribution in [0.3, 0.4) is 0 Å². The predicted octanol–water partition coefficient (Wildman–Crippen LogP) is 4.82. The molecule has 3 nitrogen and oxygen atoms in total. The summed E-state index contributed by atoms with van der Waals surface area (Å²) in [5.41, 5.74) is 3.17. The van der Waals surface area contributed by atoms with Crippen molar-refractivity contribution in [1.82, 2.24) is 9.88 Å². The lowest BCUT2D eigenvalue weighted by molar-refractivity contribution is 0.0797. The number of benzene rings is 2. The average Bonchev–Trinajstić information content (AvgIpc) is 3.04. The number of nitrogens with zero attached hydrogens (tertiary/aromatic N) is 2. The summed E-state index contributed by atoms with van der Waals surface area (Å²) in [6.07, 6.45) is 1.94. The first-order valence-electron chi connectivity index (χ1n) is 8.47. The first kappa shape index (κ1) is 17.4. The highest BCUT2D eigenvalue weighted by Crippen LogP contribution is 2.28. The van der Waals surface area contributed by atoms with Gasteiger partial charge < -0.3 is 4.90 Å². The molecule has 1 heterocycles. The fraction of sp³-hybridized carbons (Fsp3) is 0.238. The number of carbonyl (C=O) groups is 1. The minimum absolute atomic E-state index is 0.0604. The number of thiazole rings is 1. The summed E-state index contributed by atoms with van der Waals surface area (Å²) in [6, 6.07) is 20.4. The topological polar surface area (TPSA) is 33.2 Å². The van der Waals surface area contributed by atoms with E-state index in [1.54, 1.807) is 4.90 Å². The second kappa shape index (κ2) is 8.08. The van der Waals surface area contributed by atoms with E-state index in [4.69, 9.17) is 0 Å². The fourth-order valence-corrected chi connectivity index (χ4v) is 3.81. The molecule has 0 bridgehead atoms. The molecular weight excluding hydrogens is 328 g/mol. The zero-order valence-corrected chi connectivity index (χ0v) is 15.4. The lowest BCUT2D eigenvalue weighted by Gasteiger charge is -2.16. The smallest absolute Gasteiger partial charge is 0.265 e. The van der Waals surface area contributed by atoms with Crippen molar-refractivity contribution < 1.29 is 4.79 Å². The summed E-state index contributed by atoms with van der Waals surface area (Å²) in [5.74, 6) is 0.0604. The number of amides is 1. The van der Waals surface area contributed by atoms with Gasteiger partial charge in [-0.05, 0) is 25.3 Å². The zero-order valence-electron chi connectivity index (χ0n) is 14.6. The lowest BCUT2D eigenvalue weighted by Crippen LogP contribution is -2.27. The Labute approximate surface area is 153 Å². The maximum Gasteiger partial charge on any atom is 0.265 e. The van der Waals surface area contributed by atoms with Crippen LogP contribution < -0.4 is 0 Å². The van der Waals surface area contributed by atoms with Crippen LogP contribution in [-0.4, -0.2) is 29.4 Å². The third-order valence-electron chi connectivity index (χ3n) is 4.16. The van der Waals surface area contributed by atoms with Crippen molar-refractivity contribution in [2.45, 2.75) is 19.8 Å². The van der Waals surface area contributed by atoms with Crippen LogP contribution in [0.2, 0.25) is 0 Å². The molecule has 0 unspecified atom stereocenters. The van der Waals surface area contributed by atoms with Gasteiger partial charge in [0, 0.05) is 19.2 Å². The maximum atomic E-state index is 12.7. The quantitative estimate of drug-likeness (QED) is 0.638. The van der Waals surface area contributed by atoms with Gasteiger partial charge in [-0.25, -0.2) is 4.98 Å². The molecule has 2 aromatic carbocycles. The largest absolute Gasteiger partial charge is 0.341 e. The Balaban J connectivity index is 1.63. The van der Waals surface area contributed by atoms with Crippen molar-refractivity contribution in [2.75, 3.05) is 13.6 Å². The highest BCUT2D eigenvalue weighted by atomic mass is 32.1. The molecule has 0 fully saturated rings. The number of rotatable bonds is 6. The predicted molar refractivity (Wildman–Crippen MR) is 104 cm³/mol. The van der Waals surface area contributed by atoms with Crippen LogP contribution in [0.15, 0.2) is 60.7 Å². The van der Waals surface area contributed by atoms with Gasteiger partial charge in [0.05, 0.1) is 5.69 Å². The third kappa shape index (κ3) is 4.34. The van der Waals surface area contributed by atoms with E-state index >= 15 is 0 Å². The second-order valence-electron chi connectivity index (χ2n) is 6.12. The minimum Gasteiger partial charge on any atom is -0.341 e. The third-order valence-corrected chi connectivity index (χ3v) is 5.35. The highest BCUT2D eigenvalue weighted by molar-refractivity contribution is 7.17. The van der Waals surface area contributed by atoms with Crippen molar-refractivity contribution in [3.8, 4) is 10.6 Å². The van der Waals surface area contributed by atoms with Crippen LogP contribution >= 0.6 is 11.3 Å². The summed E-state index contributed by atoms with van der Waals surface area (Å²) < 4.78 is 0. The van der Waals surface area contributed by atoms with Crippen molar-refractivity contribution >= 4 is 17.2 Å². The monoisotopic (exact) mass is 350 g/mol. The molecule has 0 saturated carbocycles. The van der Waals surface area contributed by atoms with Gasteiger partial charge in [0.25, 0.3) is 5.91 Å². The summed E-state index contributed by atoms with van der Waals surface area (Å²) in [5, 5.41) is 0.902. The van der Waals surface area contributed by atoms with Crippen LogP contribution in [0, 0.1) is 6.92 Å². The van der Waals surface area contributed by atoms with Crippen molar-refractivity contribution in [3.63, 3.8) is 0 Å². The van der Waals surface area contributed by atoms with Crippen molar-refractivity contribution in [2.24, 2.45) is 0 Å². The lowest BCUT2D eigenvalue weighted by atomic mass is 10.1. The molecule has 0 N–H and O–H groups in total. The van der Waals surface area contributed by atoms with Gasteiger partial charge in [0.2, 0.25) is 0 Å². The molecule has 0 spiro atoms. The summed E-state index contributed by atoms with van der Waals surface area (Å²) in [6.45, 7) is 2.65. The number of hydrogen-bond acceptors (Lipinski definition) is 3. The van der Waals surface area contributed by atoms with Gasteiger partial charge in [0.1, 0.15) is 9.88 Å². The van der Waals surface area contributed by atoms with E-state index in [0.29, 0.717) is 0 Å². The van der Waals surface area contributed by atoms with Crippen LogP contribution in [0.1, 0.15) is 27.3 Å². The van der Waals surface area contributed by atoms with Crippen LogP contribution in [-0.2, 0) is 6.42 Å². The summed E-state index contributed by atoms with van der Waals surface area (Å²) in [4.78, 5) is 19.9. The summed E-state index contributed by atoms with van der Waals surface area (Å²) >= 11 is 1.48. The Hall–Kier alpha value is -2.46. The van der Waals surface area contributed by atoms with Crippen molar-refractivity contribution in [1.29, 1.82) is 0 Å². The molecule has 0 saturated heterocycles. The number of aryl methyl sites for hydroxylation is 2. The highest BCUT2D eigenvalue weighted by Gasteiger charge is 2.19. The van der Waals surface area contributed by atoms with Crippen LogP contribution in [0.5, 0.6) is 0 Å². The SMILES string of the molecule is Cc1nc(-c2ccccc2)sc1C(=O)N(C)CCCc1ccccc1. The Morgan fingerprint density at radius 3 is 2.36 bits per heavy atom. The molecule has 25 heavy (non-hydrogen) atoms. The normalized spacial score (nSPS) is 10.6. The number of hydrogen-bond donors (Lipinski definition) is 0. The van der Waals surface area contributed by atoms with E-state index in [1.807, 2.05) is 50.4 Å². The Morgan fingerprint density at radius 2 is 1.68 bits per heavy atom. The number of aromatic nitrogens is 1. The first-order valence-corrected chi connectivity index (χ1v) is 9.29. The molecule has 1 aromatic heterocycles. The van der Waals surface area contributed by atoms with Gasteiger partial charge in [-0.2, -0.15) is 0 Å². The van der Waals surface area contributed by atoms with Crippen LogP contribution in [0.4, 0.5) is 0 Å². The molecule has 3 aromatic rings. The van der Waals surface area contributed by atoms with Gasteiger partial charge in [-0.15, -0.1) is 11.3 Å². The molecule has 3 rings (SSSR count).